The summed E-state index contributed by atoms with van der Waals surface area (Å²) >= 11 is 1.76. The van der Waals surface area contributed by atoms with E-state index in [4.69, 9.17) is 0 Å². The number of H-pyrrole nitrogens is 1. The number of fused-ring (bicyclic) bond motifs is 1. The zero-order valence-corrected chi connectivity index (χ0v) is 14.5. The third-order valence-electron chi connectivity index (χ3n) is 4.31. The smallest absolute Gasteiger partial charge is 0.259 e. The second kappa shape index (κ2) is 6.28. The number of carbonyl (C=O) groups is 1. The van der Waals surface area contributed by atoms with Gasteiger partial charge in [0.05, 0.1) is 10.7 Å². The van der Waals surface area contributed by atoms with Gasteiger partial charge in [-0.25, -0.2) is 4.98 Å². The van der Waals surface area contributed by atoms with Crippen molar-refractivity contribution in [1.29, 1.82) is 0 Å². The molecule has 23 heavy (non-hydrogen) atoms. The standard InChI is InChI=1S/C17H21N3O2S/c1-10-7-14(21)13(8-18-10)17(22)20(3)9-12-5-4-6-15-16(12)19-11(2)23-15/h7-8,12H,4-6,9H2,1-3H3,(H,18,21)/t12-/m0/s1. The lowest BCUT2D eigenvalue weighted by atomic mass is 9.90. The summed E-state index contributed by atoms with van der Waals surface area (Å²) in [6.45, 7) is 4.43. The van der Waals surface area contributed by atoms with Crippen LogP contribution in [0.3, 0.4) is 0 Å². The molecule has 0 saturated carbocycles. The largest absolute Gasteiger partial charge is 0.364 e. The molecule has 2 aromatic rings. The minimum atomic E-state index is -0.231. The highest BCUT2D eigenvalue weighted by Gasteiger charge is 2.27. The summed E-state index contributed by atoms with van der Waals surface area (Å²) < 4.78 is 0. The Balaban J connectivity index is 1.78. The zero-order chi connectivity index (χ0) is 16.6. The van der Waals surface area contributed by atoms with Gasteiger partial charge in [0.1, 0.15) is 5.56 Å². The number of thiazole rings is 1. The Bertz CT molecular complexity index is 793. The molecule has 0 bridgehead atoms. The molecule has 6 heteroatoms. The van der Waals surface area contributed by atoms with E-state index in [9.17, 15) is 9.59 Å². The minimum Gasteiger partial charge on any atom is -0.364 e. The van der Waals surface area contributed by atoms with Gasteiger partial charge in [0.25, 0.3) is 5.91 Å². The van der Waals surface area contributed by atoms with E-state index in [1.54, 1.807) is 30.2 Å². The van der Waals surface area contributed by atoms with Crippen molar-refractivity contribution < 1.29 is 4.79 Å². The summed E-state index contributed by atoms with van der Waals surface area (Å²) in [6.07, 6.45) is 4.77. The Morgan fingerprint density at radius 1 is 1.48 bits per heavy atom. The second-order valence-electron chi connectivity index (χ2n) is 6.21. The molecule has 0 aliphatic heterocycles. The van der Waals surface area contributed by atoms with Crippen molar-refractivity contribution in [3.8, 4) is 0 Å². The van der Waals surface area contributed by atoms with Gasteiger partial charge in [0.15, 0.2) is 5.43 Å². The van der Waals surface area contributed by atoms with Gasteiger partial charge in [-0.05, 0) is 33.1 Å². The predicted octanol–water partition coefficient (Wildman–Crippen LogP) is 2.64. The van der Waals surface area contributed by atoms with Crippen LogP contribution < -0.4 is 5.43 Å². The minimum absolute atomic E-state index is 0.198. The number of aryl methyl sites for hydroxylation is 3. The molecule has 1 aliphatic rings. The first-order chi connectivity index (χ1) is 11.0. The summed E-state index contributed by atoms with van der Waals surface area (Å²) in [7, 11) is 1.76. The lowest BCUT2D eigenvalue weighted by Gasteiger charge is -2.26. The molecule has 0 unspecified atom stereocenters. The maximum atomic E-state index is 12.6. The predicted molar refractivity (Wildman–Crippen MR) is 91.3 cm³/mol. The van der Waals surface area contributed by atoms with Crippen molar-refractivity contribution in [3.63, 3.8) is 0 Å². The van der Waals surface area contributed by atoms with Gasteiger partial charge in [-0.3, -0.25) is 9.59 Å². The van der Waals surface area contributed by atoms with Crippen molar-refractivity contribution in [2.75, 3.05) is 13.6 Å². The summed E-state index contributed by atoms with van der Waals surface area (Å²) in [5.74, 6) is 0.0347. The fourth-order valence-corrected chi connectivity index (χ4v) is 4.23. The molecule has 3 rings (SSSR count). The van der Waals surface area contributed by atoms with E-state index < -0.39 is 0 Å². The molecule has 5 nitrogen and oxygen atoms in total. The fraction of sp³-hybridized carbons (Fsp3) is 0.471. The first-order valence-electron chi connectivity index (χ1n) is 7.86. The number of carbonyl (C=O) groups excluding carboxylic acids is 1. The number of hydrogen-bond acceptors (Lipinski definition) is 4. The number of nitrogens with one attached hydrogen (secondary N) is 1. The van der Waals surface area contributed by atoms with Gasteiger partial charge in [0, 0.05) is 42.3 Å². The zero-order valence-electron chi connectivity index (χ0n) is 13.7. The monoisotopic (exact) mass is 331 g/mol. The number of amides is 1. The van der Waals surface area contributed by atoms with Crippen LogP contribution >= 0.6 is 11.3 Å². The highest BCUT2D eigenvalue weighted by Crippen LogP contribution is 2.35. The molecular formula is C17H21N3O2S. The summed E-state index contributed by atoms with van der Waals surface area (Å²) in [4.78, 5) is 35.2. The van der Waals surface area contributed by atoms with Crippen LogP contribution in [0.1, 0.15) is 50.4 Å². The van der Waals surface area contributed by atoms with Gasteiger partial charge in [0.2, 0.25) is 0 Å². The second-order valence-corrected chi connectivity index (χ2v) is 7.50. The van der Waals surface area contributed by atoms with E-state index >= 15 is 0 Å². The molecule has 1 atom stereocenters. The van der Waals surface area contributed by atoms with E-state index in [1.807, 2.05) is 6.92 Å². The highest BCUT2D eigenvalue weighted by atomic mass is 32.1. The SMILES string of the molecule is Cc1cc(=O)c(C(=O)N(C)C[C@@H]2CCCc3sc(C)nc32)c[nH]1. The molecular weight excluding hydrogens is 310 g/mol. The van der Waals surface area contributed by atoms with E-state index in [0.29, 0.717) is 6.54 Å². The molecule has 0 aromatic carbocycles. The normalized spacial score (nSPS) is 16.9. The van der Waals surface area contributed by atoms with Crippen LogP contribution in [0.15, 0.2) is 17.1 Å². The quantitative estimate of drug-likeness (QED) is 0.940. The molecule has 122 valence electrons. The van der Waals surface area contributed by atoms with Crippen molar-refractivity contribution in [3.05, 3.63) is 49.3 Å². The van der Waals surface area contributed by atoms with Crippen LogP contribution in [-0.4, -0.2) is 34.4 Å². The van der Waals surface area contributed by atoms with Gasteiger partial charge in [-0.2, -0.15) is 0 Å². The molecule has 0 radical (unpaired) electrons. The molecule has 2 aromatic heterocycles. The molecule has 0 fully saturated rings. The topological polar surface area (TPSA) is 66.1 Å². The van der Waals surface area contributed by atoms with E-state index in [2.05, 4.69) is 9.97 Å². The average molecular weight is 331 g/mol. The number of pyridine rings is 1. The lowest BCUT2D eigenvalue weighted by molar-refractivity contribution is 0.0781. The summed E-state index contributed by atoms with van der Waals surface area (Å²) in [5.41, 5.74) is 1.87. The molecule has 2 heterocycles. The number of nitrogens with zero attached hydrogens (tertiary/aromatic N) is 2. The number of hydrogen-bond donors (Lipinski definition) is 1. The Kier molecular flexibility index (Phi) is 4.35. The van der Waals surface area contributed by atoms with Crippen molar-refractivity contribution >= 4 is 17.2 Å². The van der Waals surface area contributed by atoms with Crippen LogP contribution in [0.4, 0.5) is 0 Å². The van der Waals surface area contributed by atoms with Gasteiger partial charge < -0.3 is 9.88 Å². The number of rotatable bonds is 3. The average Bonchev–Trinajstić information content (AvgIpc) is 2.88. The first kappa shape index (κ1) is 15.9. The van der Waals surface area contributed by atoms with Crippen LogP contribution in [0.25, 0.3) is 0 Å². The molecule has 1 aliphatic carbocycles. The third-order valence-corrected chi connectivity index (χ3v) is 5.35. The number of aromatic amines is 1. The Morgan fingerprint density at radius 2 is 2.26 bits per heavy atom. The fourth-order valence-electron chi connectivity index (χ4n) is 3.17. The molecule has 0 spiro atoms. The first-order valence-corrected chi connectivity index (χ1v) is 8.68. The van der Waals surface area contributed by atoms with Gasteiger partial charge in [-0.15, -0.1) is 11.3 Å². The van der Waals surface area contributed by atoms with Crippen molar-refractivity contribution in [2.45, 2.75) is 39.0 Å². The van der Waals surface area contributed by atoms with Crippen LogP contribution in [-0.2, 0) is 6.42 Å². The maximum absolute atomic E-state index is 12.6. The molecule has 0 saturated heterocycles. The van der Waals surface area contributed by atoms with E-state index in [1.165, 1.54) is 17.1 Å². The van der Waals surface area contributed by atoms with Crippen molar-refractivity contribution in [1.82, 2.24) is 14.9 Å². The summed E-state index contributed by atoms with van der Waals surface area (Å²) in [5, 5.41) is 1.09. The van der Waals surface area contributed by atoms with Crippen LogP contribution in [0.2, 0.25) is 0 Å². The Labute approximate surface area is 139 Å². The van der Waals surface area contributed by atoms with Gasteiger partial charge >= 0.3 is 0 Å². The lowest BCUT2D eigenvalue weighted by Crippen LogP contribution is -2.35. The van der Waals surface area contributed by atoms with Crippen LogP contribution in [0, 0.1) is 13.8 Å². The van der Waals surface area contributed by atoms with Gasteiger partial charge in [-0.1, -0.05) is 0 Å². The summed E-state index contributed by atoms with van der Waals surface area (Å²) in [6, 6.07) is 1.46. The number of likely N-dealkylation sites (N-methyl/N-ethyl adjacent to an activating group) is 1. The molecule has 1 N–H and O–H groups in total. The van der Waals surface area contributed by atoms with E-state index in [0.717, 1.165) is 35.7 Å². The Hall–Kier alpha value is -1.95. The third kappa shape index (κ3) is 3.22. The number of aromatic nitrogens is 2. The van der Waals surface area contributed by atoms with E-state index in [-0.39, 0.29) is 22.8 Å². The highest BCUT2D eigenvalue weighted by molar-refractivity contribution is 7.11. The van der Waals surface area contributed by atoms with Crippen molar-refractivity contribution in [2.24, 2.45) is 0 Å². The molecule has 1 amide bonds. The Morgan fingerprint density at radius 3 is 3.00 bits per heavy atom. The maximum Gasteiger partial charge on any atom is 0.259 e. The van der Waals surface area contributed by atoms with Crippen LogP contribution in [0.5, 0.6) is 0 Å².